The normalized spacial score (nSPS) is 7.17. The third-order valence-corrected chi connectivity index (χ3v) is 0.512. The lowest BCUT2D eigenvalue weighted by Crippen LogP contribution is -1.75. The van der Waals surface area contributed by atoms with Crippen molar-refractivity contribution in [1.82, 2.24) is 0 Å². The van der Waals surface area contributed by atoms with Crippen molar-refractivity contribution in [2.24, 2.45) is 0 Å². The predicted octanol–water partition coefficient (Wildman–Crippen LogP) is 3.30. The van der Waals surface area contributed by atoms with Gasteiger partial charge in [0.25, 0.3) is 0 Å². The van der Waals surface area contributed by atoms with E-state index < -0.39 is 4.30 Å². The standard InChI is InChI=1S/C4H10O.C2H3N.CHCl3/c1-2-3-4-5;1-2-3;2-1(3)4/h5H,2-4H2,1H3;1H3;1H. The highest BCUT2D eigenvalue weighted by atomic mass is 35.6. The zero-order chi connectivity index (χ0) is 10.4. The first-order valence-corrected chi connectivity index (χ1v) is 4.71. The molecule has 5 heteroatoms. The van der Waals surface area contributed by atoms with Gasteiger partial charge in [0.1, 0.15) is 0 Å². The van der Waals surface area contributed by atoms with E-state index in [-0.39, 0.29) is 0 Å². The summed E-state index contributed by atoms with van der Waals surface area (Å²) in [6.45, 7) is 3.83. The molecule has 0 rings (SSSR count). The minimum Gasteiger partial charge on any atom is -0.396 e. The lowest BCUT2D eigenvalue weighted by Gasteiger charge is -1.79. The Morgan fingerprint density at radius 2 is 1.67 bits per heavy atom. The van der Waals surface area contributed by atoms with Crippen molar-refractivity contribution in [2.75, 3.05) is 6.61 Å². The second kappa shape index (κ2) is 22.5. The quantitative estimate of drug-likeness (QED) is 0.745. The molecule has 0 aliphatic carbocycles. The van der Waals surface area contributed by atoms with Crippen molar-refractivity contribution in [3.05, 3.63) is 0 Å². The average Bonchev–Trinajstić information content (AvgIpc) is 1.89. The van der Waals surface area contributed by atoms with Gasteiger partial charge in [-0.2, -0.15) is 5.26 Å². The summed E-state index contributed by atoms with van der Waals surface area (Å²) >= 11 is 14.4. The molecule has 0 fully saturated rings. The third-order valence-electron chi connectivity index (χ3n) is 0.512. The van der Waals surface area contributed by atoms with Gasteiger partial charge in [-0.05, 0) is 6.42 Å². The number of rotatable bonds is 2. The largest absolute Gasteiger partial charge is 0.396 e. The van der Waals surface area contributed by atoms with Crippen LogP contribution in [0.15, 0.2) is 0 Å². The van der Waals surface area contributed by atoms with Crippen LogP contribution < -0.4 is 0 Å². The molecule has 0 bridgehead atoms. The third kappa shape index (κ3) is 167. The maximum absolute atomic E-state index is 8.07. The molecule has 0 saturated carbocycles. The molecule has 2 nitrogen and oxygen atoms in total. The monoisotopic (exact) mass is 233 g/mol. The Balaban J connectivity index is -0.000000105. The van der Waals surface area contributed by atoms with E-state index in [9.17, 15) is 0 Å². The zero-order valence-corrected chi connectivity index (χ0v) is 9.49. The zero-order valence-electron chi connectivity index (χ0n) is 7.23. The molecular weight excluding hydrogens is 220 g/mol. The summed E-state index contributed by atoms with van der Waals surface area (Å²) in [6, 6.07) is 1.75. The van der Waals surface area contributed by atoms with E-state index in [2.05, 4.69) is 6.92 Å². The van der Waals surface area contributed by atoms with Crippen molar-refractivity contribution in [2.45, 2.75) is 31.0 Å². The number of nitriles is 1. The Labute approximate surface area is 89.0 Å². The van der Waals surface area contributed by atoms with Crippen molar-refractivity contribution >= 4 is 34.8 Å². The molecule has 0 saturated heterocycles. The first-order valence-electron chi connectivity index (χ1n) is 3.40. The van der Waals surface area contributed by atoms with Crippen molar-refractivity contribution in [3.63, 3.8) is 0 Å². The highest BCUT2D eigenvalue weighted by Gasteiger charge is 1.78. The van der Waals surface area contributed by atoms with Crippen LogP contribution in [-0.4, -0.2) is 16.0 Å². The molecule has 0 amide bonds. The van der Waals surface area contributed by atoms with Crippen LogP contribution in [0.1, 0.15) is 26.7 Å². The van der Waals surface area contributed by atoms with Crippen LogP contribution in [-0.2, 0) is 0 Å². The molecule has 74 valence electrons. The van der Waals surface area contributed by atoms with Gasteiger partial charge in [-0.15, -0.1) is 0 Å². The van der Waals surface area contributed by atoms with E-state index in [0.29, 0.717) is 6.61 Å². The molecule has 12 heavy (non-hydrogen) atoms. The van der Waals surface area contributed by atoms with Crippen LogP contribution in [0.3, 0.4) is 0 Å². The summed E-state index contributed by atoms with van der Waals surface area (Å²) in [7, 11) is 0. The van der Waals surface area contributed by atoms with Crippen LogP contribution in [0.2, 0.25) is 0 Å². The second-order valence-electron chi connectivity index (χ2n) is 1.55. The van der Waals surface area contributed by atoms with E-state index >= 15 is 0 Å². The molecular formula is C7H14Cl3NO. The van der Waals surface area contributed by atoms with Crippen molar-refractivity contribution < 1.29 is 5.11 Å². The number of nitrogens with zero attached hydrogens (tertiary/aromatic N) is 1. The Morgan fingerprint density at radius 3 is 1.67 bits per heavy atom. The second-order valence-corrected chi connectivity index (χ2v) is 3.53. The van der Waals surface area contributed by atoms with Crippen LogP contribution >= 0.6 is 34.8 Å². The predicted molar refractivity (Wildman–Crippen MR) is 54.6 cm³/mol. The number of hydrogen-bond acceptors (Lipinski definition) is 2. The molecule has 1 N–H and O–H groups in total. The van der Waals surface area contributed by atoms with E-state index in [4.69, 9.17) is 45.2 Å². The molecule has 0 spiro atoms. The fourth-order valence-corrected chi connectivity index (χ4v) is 0.158. The number of alkyl halides is 3. The Hall–Kier alpha value is 0.320. The molecule has 0 atom stereocenters. The van der Waals surface area contributed by atoms with Gasteiger partial charge in [-0.1, -0.05) is 48.1 Å². The smallest absolute Gasteiger partial charge is 0.180 e. The van der Waals surface area contributed by atoms with Crippen LogP contribution in [0, 0.1) is 11.3 Å². The lowest BCUT2D eigenvalue weighted by molar-refractivity contribution is 0.287. The van der Waals surface area contributed by atoms with Crippen molar-refractivity contribution in [3.8, 4) is 6.07 Å². The Kier molecular flexibility index (Phi) is 34.1. The number of unbranched alkanes of at least 4 members (excludes halogenated alkanes) is 1. The van der Waals surface area contributed by atoms with Crippen LogP contribution in [0.5, 0.6) is 0 Å². The van der Waals surface area contributed by atoms with E-state index in [1.54, 1.807) is 6.07 Å². The van der Waals surface area contributed by atoms with Gasteiger partial charge in [0.2, 0.25) is 0 Å². The fraction of sp³-hybridized carbons (Fsp3) is 0.857. The number of hydrogen-bond donors (Lipinski definition) is 1. The fourth-order valence-electron chi connectivity index (χ4n) is 0.158. The molecule has 0 aromatic carbocycles. The Morgan fingerprint density at radius 1 is 1.42 bits per heavy atom. The summed E-state index contributed by atoms with van der Waals surface area (Å²) in [5.74, 6) is 0. The maximum atomic E-state index is 8.07. The topological polar surface area (TPSA) is 44.0 Å². The molecule has 0 unspecified atom stereocenters. The van der Waals surface area contributed by atoms with Gasteiger partial charge in [0.05, 0.1) is 6.07 Å². The minimum absolute atomic E-state index is 0.344. The molecule has 0 aliphatic rings. The summed E-state index contributed by atoms with van der Waals surface area (Å²) < 4.78 is -0.750. The Bertz CT molecular complexity index is 88.4. The molecule has 0 aliphatic heterocycles. The van der Waals surface area contributed by atoms with Gasteiger partial charge in [-0.25, -0.2) is 0 Å². The summed E-state index contributed by atoms with van der Waals surface area (Å²) in [5.41, 5.74) is 0. The van der Waals surface area contributed by atoms with E-state index in [0.717, 1.165) is 12.8 Å². The van der Waals surface area contributed by atoms with Crippen LogP contribution in [0.4, 0.5) is 0 Å². The molecule has 0 heterocycles. The summed E-state index contributed by atoms with van der Waals surface area (Å²) in [6.07, 6.45) is 2.04. The number of halogens is 3. The molecule has 0 radical (unpaired) electrons. The van der Waals surface area contributed by atoms with Gasteiger partial charge in [0, 0.05) is 13.5 Å². The van der Waals surface area contributed by atoms with Gasteiger partial charge in [0.15, 0.2) is 4.30 Å². The first kappa shape index (κ1) is 18.2. The van der Waals surface area contributed by atoms with E-state index in [1.807, 2.05) is 0 Å². The van der Waals surface area contributed by atoms with Gasteiger partial charge in [-0.3, -0.25) is 0 Å². The lowest BCUT2D eigenvalue weighted by atomic mass is 10.4. The van der Waals surface area contributed by atoms with Crippen molar-refractivity contribution in [1.29, 1.82) is 5.26 Å². The summed E-state index contributed by atoms with van der Waals surface area (Å²) in [5, 5.41) is 15.4. The van der Waals surface area contributed by atoms with Crippen LogP contribution in [0.25, 0.3) is 0 Å². The van der Waals surface area contributed by atoms with Gasteiger partial charge < -0.3 is 5.11 Å². The summed E-state index contributed by atoms with van der Waals surface area (Å²) in [4.78, 5) is 0. The maximum Gasteiger partial charge on any atom is 0.180 e. The highest BCUT2D eigenvalue weighted by Crippen LogP contribution is 2.03. The molecule has 0 aromatic heterocycles. The van der Waals surface area contributed by atoms with Gasteiger partial charge >= 0.3 is 0 Å². The number of aliphatic hydroxyl groups excluding tert-OH is 1. The molecule has 0 aromatic rings. The highest BCUT2D eigenvalue weighted by molar-refractivity contribution is 6.63. The minimum atomic E-state index is -0.750. The van der Waals surface area contributed by atoms with E-state index in [1.165, 1.54) is 6.92 Å². The SMILES string of the molecule is CC#N.CCCCO.ClC(Cl)Cl. The average molecular weight is 235 g/mol. The first-order chi connectivity index (χ1) is 5.56. The number of aliphatic hydroxyl groups is 1.